The van der Waals surface area contributed by atoms with Gasteiger partial charge in [0.15, 0.2) is 0 Å². The summed E-state index contributed by atoms with van der Waals surface area (Å²) in [4.78, 5) is 28.3. The number of hydrogen-bond donors (Lipinski definition) is 1. The van der Waals surface area contributed by atoms with E-state index < -0.39 is 6.23 Å². The molecule has 0 spiro atoms. The van der Waals surface area contributed by atoms with E-state index in [0.717, 1.165) is 25.9 Å². The normalized spacial score (nSPS) is 21.8. The number of hydrogen-bond acceptors (Lipinski definition) is 7. The molecular formula is C28H52N2O7. The van der Waals surface area contributed by atoms with Crippen LogP contribution in [0.5, 0.6) is 0 Å². The van der Waals surface area contributed by atoms with E-state index in [0.29, 0.717) is 83.6 Å². The third-order valence-corrected chi connectivity index (χ3v) is 7.56. The number of piperidine rings is 1. The van der Waals surface area contributed by atoms with Crippen LogP contribution in [0.4, 0.5) is 0 Å². The molecule has 0 aromatic carbocycles. The fraction of sp³-hybridized carbons (Fsp3) is 0.929. The molecule has 9 nitrogen and oxygen atoms in total. The average Bonchev–Trinajstić information content (AvgIpc) is 3.12. The molecule has 2 heterocycles. The third kappa shape index (κ3) is 11.2. The van der Waals surface area contributed by atoms with Gasteiger partial charge in [-0.3, -0.25) is 9.59 Å². The molecule has 0 bridgehead atoms. The van der Waals surface area contributed by atoms with Crippen molar-refractivity contribution in [2.75, 3.05) is 72.5 Å². The first-order chi connectivity index (χ1) is 17.4. The quantitative estimate of drug-likeness (QED) is 0.326. The Morgan fingerprint density at radius 3 is 1.76 bits per heavy atom. The predicted octanol–water partition coefficient (Wildman–Crippen LogP) is 2.94. The van der Waals surface area contributed by atoms with E-state index in [-0.39, 0.29) is 23.1 Å². The second kappa shape index (κ2) is 15.4. The number of carbonyl (C=O) groups is 2. The maximum atomic E-state index is 12.5. The summed E-state index contributed by atoms with van der Waals surface area (Å²) in [6.07, 6.45) is 2.34. The Balaban J connectivity index is 1.36. The Bertz CT molecular complexity index is 681. The summed E-state index contributed by atoms with van der Waals surface area (Å²) in [5.41, 5.74) is 0.160. The minimum absolute atomic E-state index is 0.00359. The first-order valence-corrected chi connectivity index (χ1v) is 14.0. The lowest BCUT2D eigenvalue weighted by molar-refractivity contribution is -0.138. The first-order valence-electron chi connectivity index (χ1n) is 14.0. The number of likely N-dealkylation sites (tertiary alicyclic amines) is 2. The summed E-state index contributed by atoms with van der Waals surface area (Å²) in [7, 11) is 0. The van der Waals surface area contributed by atoms with Crippen molar-refractivity contribution < 1.29 is 33.6 Å². The molecule has 2 rings (SSSR count). The Hall–Kier alpha value is -1.26. The molecule has 216 valence electrons. The van der Waals surface area contributed by atoms with Crippen LogP contribution in [0.15, 0.2) is 0 Å². The van der Waals surface area contributed by atoms with E-state index >= 15 is 0 Å². The molecule has 2 fully saturated rings. The van der Waals surface area contributed by atoms with Crippen molar-refractivity contribution in [1.29, 1.82) is 0 Å². The van der Waals surface area contributed by atoms with Gasteiger partial charge in [0.1, 0.15) is 6.23 Å². The summed E-state index contributed by atoms with van der Waals surface area (Å²) >= 11 is 0. The van der Waals surface area contributed by atoms with Gasteiger partial charge in [0.05, 0.1) is 59.3 Å². The third-order valence-electron chi connectivity index (χ3n) is 7.56. The molecule has 2 atom stereocenters. The molecular weight excluding hydrogens is 476 g/mol. The molecule has 2 unspecified atom stereocenters. The van der Waals surface area contributed by atoms with Crippen molar-refractivity contribution in [2.24, 2.45) is 22.7 Å². The Morgan fingerprint density at radius 2 is 1.30 bits per heavy atom. The van der Waals surface area contributed by atoms with Crippen LogP contribution in [-0.4, -0.2) is 105 Å². The molecule has 0 saturated carbocycles. The van der Waals surface area contributed by atoms with Crippen molar-refractivity contribution >= 4 is 11.8 Å². The van der Waals surface area contributed by atoms with Crippen LogP contribution in [0.3, 0.4) is 0 Å². The van der Waals surface area contributed by atoms with Crippen molar-refractivity contribution in [3.63, 3.8) is 0 Å². The molecule has 37 heavy (non-hydrogen) atoms. The van der Waals surface area contributed by atoms with Crippen LogP contribution in [0.2, 0.25) is 0 Å². The zero-order chi connectivity index (χ0) is 27.5. The van der Waals surface area contributed by atoms with Crippen molar-refractivity contribution in [1.82, 2.24) is 9.80 Å². The Labute approximate surface area is 224 Å². The van der Waals surface area contributed by atoms with E-state index in [1.165, 1.54) is 4.90 Å². The minimum atomic E-state index is -0.727. The lowest BCUT2D eigenvalue weighted by atomic mass is 9.75. The lowest BCUT2D eigenvalue weighted by Crippen LogP contribution is -2.41. The molecule has 0 aliphatic carbocycles. The summed E-state index contributed by atoms with van der Waals surface area (Å²) in [5, 5.41) is 10.2. The topological polar surface area (TPSA) is 97.8 Å². The van der Waals surface area contributed by atoms with E-state index in [4.69, 9.17) is 18.9 Å². The highest BCUT2D eigenvalue weighted by Crippen LogP contribution is 2.37. The number of aliphatic hydroxyl groups is 1. The van der Waals surface area contributed by atoms with Gasteiger partial charge in [0.25, 0.3) is 0 Å². The maximum Gasteiger partial charge on any atom is 0.228 e. The first kappa shape index (κ1) is 32.0. The number of amides is 2. The molecule has 0 aromatic heterocycles. The molecule has 2 aliphatic heterocycles. The monoisotopic (exact) mass is 528 g/mol. The van der Waals surface area contributed by atoms with Crippen LogP contribution in [0, 0.1) is 22.7 Å². The summed E-state index contributed by atoms with van der Waals surface area (Å²) in [6, 6.07) is 0. The second-order valence-corrected chi connectivity index (χ2v) is 12.4. The highest BCUT2D eigenvalue weighted by atomic mass is 16.6. The van der Waals surface area contributed by atoms with Gasteiger partial charge < -0.3 is 33.9 Å². The Morgan fingerprint density at radius 1 is 0.811 bits per heavy atom. The zero-order valence-corrected chi connectivity index (χ0v) is 24.1. The SMILES string of the molecule is CC(C)(C)C1CCN(C(=O)CCOCCOCCOCCOCCN2C(=O)C(C(C)(C)C)CC2O)CC1. The van der Waals surface area contributed by atoms with Gasteiger partial charge in [0.2, 0.25) is 11.8 Å². The van der Waals surface area contributed by atoms with Crippen LogP contribution in [-0.2, 0) is 28.5 Å². The maximum absolute atomic E-state index is 12.5. The number of nitrogens with zero attached hydrogens (tertiary/aromatic N) is 2. The molecule has 2 amide bonds. The molecule has 0 aromatic rings. The van der Waals surface area contributed by atoms with Crippen LogP contribution < -0.4 is 0 Å². The van der Waals surface area contributed by atoms with Crippen molar-refractivity contribution in [3.8, 4) is 0 Å². The van der Waals surface area contributed by atoms with E-state index in [9.17, 15) is 14.7 Å². The molecule has 2 saturated heterocycles. The standard InChI is InChI=1S/C28H52N2O7/c1-27(2,3)22-7-10-29(11-8-22)24(31)9-13-34-15-17-36-19-20-37-18-16-35-14-12-30-25(32)21-23(26(30)33)28(4,5)6/h22-23,25,32H,7-21H2,1-6H3. The largest absolute Gasteiger partial charge is 0.379 e. The molecule has 9 heteroatoms. The smallest absolute Gasteiger partial charge is 0.228 e. The minimum Gasteiger partial charge on any atom is -0.379 e. The predicted molar refractivity (Wildman–Crippen MR) is 142 cm³/mol. The van der Waals surface area contributed by atoms with Gasteiger partial charge in [-0.25, -0.2) is 0 Å². The zero-order valence-electron chi connectivity index (χ0n) is 24.1. The van der Waals surface area contributed by atoms with Gasteiger partial charge >= 0.3 is 0 Å². The molecule has 0 radical (unpaired) electrons. The summed E-state index contributed by atoms with van der Waals surface area (Å²) in [6.45, 7) is 18.5. The number of carbonyl (C=O) groups excluding carboxylic acids is 2. The number of aliphatic hydroxyl groups excluding tert-OH is 1. The number of rotatable bonds is 15. The highest BCUT2D eigenvalue weighted by molar-refractivity contribution is 5.82. The van der Waals surface area contributed by atoms with E-state index in [2.05, 4.69) is 20.8 Å². The Kier molecular flexibility index (Phi) is 13.3. The van der Waals surface area contributed by atoms with Gasteiger partial charge in [-0.2, -0.15) is 0 Å². The van der Waals surface area contributed by atoms with E-state index in [1.54, 1.807) is 0 Å². The number of ether oxygens (including phenoxy) is 4. The van der Waals surface area contributed by atoms with Gasteiger partial charge in [-0.05, 0) is 29.6 Å². The van der Waals surface area contributed by atoms with Crippen LogP contribution in [0.25, 0.3) is 0 Å². The van der Waals surface area contributed by atoms with Crippen molar-refractivity contribution in [3.05, 3.63) is 0 Å². The molecule has 2 aliphatic rings. The fourth-order valence-electron chi connectivity index (χ4n) is 5.01. The summed E-state index contributed by atoms with van der Waals surface area (Å²) in [5.74, 6) is 0.718. The van der Waals surface area contributed by atoms with Crippen LogP contribution >= 0.6 is 0 Å². The van der Waals surface area contributed by atoms with Gasteiger partial charge in [-0.15, -0.1) is 0 Å². The fourth-order valence-corrected chi connectivity index (χ4v) is 5.01. The highest BCUT2D eigenvalue weighted by Gasteiger charge is 2.44. The van der Waals surface area contributed by atoms with Crippen LogP contribution in [0.1, 0.15) is 67.2 Å². The molecule has 1 N–H and O–H groups in total. The lowest BCUT2D eigenvalue weighted by Gasteiger charge is -2.38. The summed E-state index contributed by atoms with van der Waals surface area (Å²) < 4.78 is 22.1. The average molecular weight is 529 g/mol. The van der Waals surface area contributed by atoms with E-state index in [1.807, 2.05) is 25.7 Å². The second-order valence-electron chi connectivity index (χ2n) is 12.4. The van der Waals surface area contributed by atoms with Gasteiger partial charge in [0, 0.05) is 32.0 Å². The van der Waals surface area contributed by atoms with Gasteiger partial charge in [-0.1, -0.05) is 41.5 Å². The van der Waals surface area contributed by atoms with Crippen molar-refractivity contribution in [2.45, 2.75) is 73.5 Å².